The molecule has 1 fully saturated rings. The van der Waals surface area contributed by atoms with Crippen molar-refractivity contribution in [3.05, 3.63) is 23.7 Å². The number of piperidine rings is 1. The number of nitrogens with zero attached hydrogens (tertiary/aromatic N) is 1. The van der Waals surface area contributed by atoms with E-state index in [9.17, 15) is 4.79 Å². The molecule has 0 spiro atoms. The Morgan fingerprint density at radius 3 is 3.06 bits per heavy atom. The van der Waals surface area contributed by atoms with Gasteiger partial charge >= 0.3 is 0 Å². The van der Waals surface area contributed by atoms with E-state index in [1.807, 2.05) is 11.8 Å². The molecular formula is C12H18N2O2. The van der Waals surface area contributed by atoms with Gasteiger partial charge in [-0.1, -0.05) is 0 Å². The monoisotopic (exact) mass is 222 g/mol. The first-order valence-corrected chi connectivity index (χ1v) is 5.79. The van der Waals surface area contributed by atoms with Crippen molar-refractivity contribution in [3.63, 3.8) is 0 Å². The first-order chi connectivity index (χ1) is 7.74. The van der Waals surface area contributed by atoms with Crippen LogP contribution in [0.15, 0.2) is 16.7 Å². The minimum absolute atomic E-state index is 0.0569. The van der Waals surface area contributed by atoms with Crippen LogP contribution in [0, 0.1) is 6.92 Å². The number of carbonyl (C=O) groups is 1. The number of hydrogen-bond acceptors (Lipinski definition) is 3. The fourth-order valence-electron chi connectivity index (χ4n) is 2.27. The van der Waals surface area contributed by atoms with Gasteiger partial charge in [-0.25, -0.2) is 0 Å². The maximum atomic E-state index is 12.3. The van der Waals surface area contributed by atoms with Crippen LogP contribution in [-0.2, 0) is 0 Å². The third kappa shape index (κ3) is 1.97. The average Bonchev–Trinajstić information content (AvgIpc) is 2.74. The molecule has 88 valence electrons. The van der Waals surface area contributed by atoms with Crippen LogP contribution in [0.1, 0.15) is 35.4 Å². The van der Waals surface area contributed by atoms with E-state index < -0.39 is 0 Å². The molecule has 2 rings (SSSR count). The van der Waals surface area contributed by atoms with Gasteiger partial charge in [0, 0.05) is 19.1 Å². The van der Waals surface area contributed by atoms with Crippen LogP contribution in [0.5, 0.6) is 0 Å². The van der Waals surface area contributed by atoms with Gasteiger partial charge in [0.05, 0.1) is 11.8 Å². The standard InChI is InChI=1S/C12H18N2O2/c1-9-11(5-7-16-9)12(15)14-6-3-2-4-10(14)8-13/h5,7,10H,2-4,6,8,13H2,1H3. The number of nitrogens with two attached hydrogens (primary N) is 1. The van der Waals surface area contributed by atoms with Crippen molar-refractivity contribution in [1.29, 1.82) is 0 Å². The second kappa shape index (κ2) is 4.70. The summed E-state index contributed by atoms with van der Waals surface area (Å²) in [6, 6.07) is 1.93. The molecule has 0 saturated carbocycles. The highest BCUT2D eigenvalue weighted by molar-refractivity contribution is 5.95. The summed E-state index contributed by atoms with van der Waals surface area (Å²) in [5.74, 6) is 0.743. The summed E-state index contributed by atoms with van der Waals surface area (Å²) in [5.41, 5.74) is 6.37. The second-order valence-corrected chi connectivity index (χ2v) is 4.27. The van der Waals surface area contributed by atoms with Gasteiger partial charge in [0.1, 0.15) is 5.76 Å². The zero-order chi connectivity index (χ0) is 11.5. The molecule has 2 N–H and O–H groups in total. The van der Waals surface area contributed by atoms with E-state index in [1.54, 1.807) is 12.3 Å². The Morgan fingerprint density at radius 2 is 2.44 bits per heavy atom. The first kappa shape index (κ1) is 11.2. The van der Waals surface area contributed by atoms with Crippen LogP contribution in [0.3, 0.4) is 0 Å². The molecule has 0 aliphatic carbocycles. The Morgan fingerprint density at radius 1 is 1.62 bits per heavy atom. The zero-order valence-electron chi connectivity index (χ0n) is 9.61. The number of carbonyl (C=O) groups excluding carboxylic acids is 1. The lowest BCUT2D eigenvalue weighted by Gasteiger charge is -2.34. The van der Waals surface area contributed by atoms with Crippen LogP contribution in [0.4, 0.5) is 0 Å². The predicted octanol–water partition coefficient (Wildman–Crippen LogP) is 1.54. The maximum Gasteiger partial charge on any atom is 0.257 e. The normalized spacial score (nSPS) is 21.1. The number of likely N-dealkylation sites (tertiary alicyclic amines) is 1. The van der Waals surface area contributed by atoms with E-state index in [-0.39, 0.29) is 11.9 Å². The maximum absolute atomic E-state index is 12.3. The first-order valence-electron chi connectivity index (χ1n) is 5.79. The molecule has 1 aromatic rings. The van der Waals surface area contributed by atoms with E-state index in [0.717, 1.165) is 25.8 Å². The van der Waals surface area contributed by atoms with Crippen LogP contribution in [-0.4, -0.2) is 29.9 Å². The van der Waals surface area contributed by atoms with Crippen molar-refractivity contribution in [1.82, 2.24) is 4.90 Å². The fraction of sp³-hybridized carbons (Fsp3) is 0.583. The third-order valence-corrected chi connectivity index (χ3v) is 3.25. The Kier molecular flexibility index (Phi) is 3.29. The molecule has 1 aliphatic rings. The molecule has 16 heavy (non-hydrogen) atoms. The number of hydrogen-bond donors (Lipinski definition) is 1. The Labute approximate surface area is 95.4 Å². The molecule has 0 bridgehead atoms. The second-order valence-electron chi connectivity index (χ2n) is 4.27. The van der Waals surface area contributed by atoms with Crippen molar-refractivity contribution >= 4 is 5.91 Å². The molecule has 0 aromatic carbocycles. The molecule has 1 unspecified atom stereocenters. The van der Waals surface area contributed by atoms with E-state index in [2.05, 4.69) is 0 Å². The highest BCUT2D eigenvalue weighted by atomic mass is 16.3. The van der Waals surface area contributed by atoms with Gasteiger partial charge in [-0.15, -0.1) is 0 Å². The lowest BCUT2D eigenvalue weighted by molar-refractivity contribution is 0.0621. The van der Waals surface area contributed by atoms with Crippen molar-refractivity contribution in [2.75, 3.05) is 13.1 Å². The van der Waals surface area contributed by atoms with Gasteiger partial charge in [-0.3, -0.25) is 4.79 Å². The van der Waals surface area contributed by atoms with Crippen molar-refractivity contribution in [3.8, 4) is 0 Å². The zero-order valence-corrected chi connectivity index (χ0v) is 9.61. The topological polar surface area (TPSA) is 59.5 Å². The van der Waals surface area contributed by atoms with Gasteiger partial charge in [0.25, 0.3) is 5.91 Å². The summed E-state index contributed by atoms with van der Waals surface area (Å²) in [7, 11) is 0. The van der Waals surface area contributed by atoms with E-state index in [1.165, 1.54) is 0 Å². The van der Waals surface area contributed by atoms with Gasteiger partial charge in [0.2, 0.25) is 0 Å². The molecular weight excluding hydrogens is 204 g/mol. The summed E-state index contributed by atoms with van der Waals surface area (Å²) in [4.78, 5) is 14.2. The lowest BCUT2D eigenvalue weighted by Crippen LogP contribution is -2.47. The molecule has 1 aliphatic heterocycles. The smallest absolute Gasteiger partial charge is 0.257 e. The molecule has 4 heteroatoms. The Balaban J connectivity index is 2.17. The molecule has 1 amide bonds. The minimum Gasteiger partial charge on any atom is -0.469 e. The summed E-state index contributed by atoms with van der Waals surface area (Å²) in [6.07, 6.45) is 4.80. The molecule has 4 nitrogen and oxygen atoms in total. The third-order valence-electron chi connectivity index (χ3n) is 3.25. The van der Waals surface area contributed by atoms with Gasteiger partial charge in [-0.2, -0.15) is 0 Å². The average molecular weight is 222 g/mol. The van der Waals surface area contributed by atoms with Crippen molar-refractivity contribution in [2.45, 2.75) is 32.2 Å². The highest BCUT2D eigenvalue weighted by Crippen LogP contribution is 2.20. The summed E-state index contributed by atoms with van der Waals surface area (Å²) in [6.45, 7) is 3.17. The minimum atomic E-state index is 0.0569. The van der Waals surface area contributed by atoms with Crippen LogP contribution in [0.25, 0.3) is 0 Å². The van der Waals surface area contributed by atoms with Crippen LogP contribution >= 0.6 is 0 Å². The quantitative estimate of drug-likeness (QED) is 0.825. The molecule has 1 aromatic heterocycles. The van der Waals surface area contributed by atoms with Crippen molar-refractivity contribution < 1.29 is 9.21 Å². The summed E-state index contributed by atoms with van der Waals surface area (Å²) in [5, 5.41) is 0. The largest absolute Gasteiger partial charge is 0.469 e. The number of furan rings is 1. The van der Waals surface area contributed by atoms with E-state index in [4.69, 9.17) is 10.2 Å². The van der Waals surface area contributed by atoms with Gasteiger partial charge in [-0.05, 0) is 32.3 Å². The van der Waals surface area contributed by atoms with E-state index >= 15 is 0 Å². The van der Waals surface area contributed by atoms with E-state index in [0.29, 0.717) is 17.9 Å². The number of amides is 1. The molecule has 2 heterocycles. The van der Waals surface area contributed by atoms with Crippen LogP contribution in [0.2, 0.25) is 0 Å². The number of aryl methyl sites for hydroxylation is 1. The molecule has 1 saturated heterocycles. The molecule has 1 atom stereocenters. The van der Waals surface area contributed by atoms with Gasteiger partial charge < -0.3 is 15.1 Å². The Bertz CT molecular complexity index is 373. The Hall–Kier alpha value is -1.29. The summed E-state index contributed by atoms with van der Waals surface area (Å²) < 4.78 is 5.17. The summed E-state index contributed by atoms with van der Waals surface area (Å²) >= 11 is 0. The molecule has 0 radical (unpaired) electrons. The predicted molar refractivity (Wildman–Crippen MR) is 61.2 cm³/mol. The van der Waals surface area contributed by atoms with Crippen LogP contribution < -0.4 is 5.73 Å². The van der Waals surface area contributed by atoms with Crippen molar-refractivity contribution in [2.24, 2.45) is 5.73 Å². The highest BCUT2D eigenvalue weighted by Gasteiger charge is 2.27. The lowest BCUT2D eigenvalue weighted by atomic mass is 10.0. The van der Waals surface area contributed by atoms with Gasteiger partial charge in [0.15, 0.2) is 0 Å². The number of rotatable bonds is 2. The SMILES string of the molecule is Cc1occc1C(=O)N1CCCCC1CN. The fourth-order valence-corrected chi connectivity index (χ4v) is 2.27.